The molecule has 7 nitrogen and oxygen atoms in total. The summed E-state index contributed by atoms with van der Waals surface area (Å²) in [6, 6.07) is 73.1. The molecule has 0 atom stereocenters. The Labute approximate surface area is 565 Å². The first-order chi connectivity index (χ1) is 47.2. The minimum atomic E-state index is -0.447. The predicted octanol–water partition coefficient (Wildman–Crippen LogP) is 17.4. The van der Waals surface area contributed by atoms with E-state index in [1.807, 2.05) is 0 Å². The smallest absolute Gasteiger partial charge is 0.261 e. The van der Waals surface area contributed by atoms with E-state index in [9.17, 15) is 0 Å². The van der Waals surface area contributed by atoms with Crippen LogP contribution in [-0.2, 0) is 12.8 Å². The van der Waals surface area contributed by atoms with Gasteiger partial charge in [0.15, 0.2) is 0 Å². The highest BCUT2D eigenvalue weighted by atomic mass is 16.5. The standard InChI is InChI=1S/C86H78B3N3O4/c1-7-9-11-13-15-17-27-57-37-39-68-62(47-57)63-48-58(28-18-16-14-12-10-8-2)38-40-69(63)90(68)61-49-70-80-71(50-61)92(60-45-55(5)42-56(6)46-60)73-52-79-84-86(96-77-36-26-22-32-67(77)88(84)65-30-20-24-34-75(65)94-79)82(73)89(80)81-72(91(70)59-43-53(3)41-54(4)44-59)51-78-83-85(81)95-76-35-25-21-31-66(76)87(83)64-29-19-23-33-74(64)93-78/h19-26,29-52H,7-18,27-28H2,1-6H3. The molecule has 1 aromatic heterocycles. The second-order valence-electron chi connectivity index (χ2n) is 28.3. The van der Waals surface area contributed by atoms with Crippen molar-refractivity contribution in [1.82, 2.24) is 4.57 Å². The van der Waals surface area contributed by atoms with Gasteiger partial charge in [-0.25, -0.2) is 0 Å². The Hall–Kier alpha value is -9.79. The molecule has 18 rings (SSSR count). The van der Waals surface area contributed by atoms with Gasteiger partial charge in [-0.2, -0.15) is 0 Å². The highest BCUT2D eigenvalue weighted by Gasteiger charge is 2.54. The van der Waals surface area contributed by atoms with Crippen molar-refractivity contribution in [3.63, 3.8) is 0 Å². The van der Waals surface area contributed by atoms with E-state index in [1.54, 1.807) is 0 Å². The Kier molecular flexibility index (Phi) is 14.4. The zero-order valence-electron chi connectivity index (χ0n) is 56.1. The van der Waals surface area contributed by atoms with Gasteiger partial charge in [-0.05, 0) is 210 Å². The number of benzene rings is 11. The average Bonchev–Trinajstić information content (AvgIpc) is 0.730. The van der Waals surface area contributed by atoms with E-state index >= 15 is 0 Å². The SMILES string of the molecule is CCCCCCCCc1ccc2c(c1)c1cc(CCCCCCCC)ccc1n2-c1cc2c3c(c1)N(c1cc(C)cc(C)c1)c1cc4c5c(c1B3c1c(cc3c6c1Oc1ccccc1B6c1ccccc1O3)N2c1cc(C)cc(C)c1)Oc1ccccc1B5c1ccccc1O4. The summed E-state index contributed by atoms with van der Waals surface area (Å²) in [4.78, 5) is 5.12. The molecule has 0 aliphatic carbocycles. The first-order valence-corrected chi connectivity index (χ1v) is 35.7. The van der Waals surface area contributed by atoms with E-state index in [1.165, 1.54) is 138 Å². The molecule has 12 aromatic rings. The lowest BCUT2D eigenvalue weighted by Crippen LogP contribution is -2.66. The Balaban J connectivity index is 0.955. The number of hydrogen-bond acceptors (Lipinski definition) is 6. The molecule has 0 saturated carbocycles. The Bertz CT molecular complexity index is 4810. The van der Waals surface area contributed by atoms with Crippen LogP contribution in [0, 0.1) is 27.7 Å². The highest BCUT2D eigenvalue weighted by molar-refractivity contribution is 7.05. The van der Waals surface area contributed by atoms with Crippen LogP contribution >= 0.6 is 0 Å². The molecule has 96 heavy (non-hydrogen) atoms. The molecular weight excluding hydrogens is 1170 g/mol. The van der Waals surface area contributed by atoms with Gasteiger partial charge in [0.05, 0.1) is 16.7 Å². The molecule has 0 bridgehead atoms. The van der Waals surface area contributed by atoms with Gasteiger partial charge in [0.25, 0.3) is 20.1 Å². The van der Waals surface area contributed by atoms with Crippen LogP contribution in [0.15, 0.2) is 194 Å². The zero-order chi connectivity index (χ0) is 64.4. The minimum Gasteiger partial charge on any atom is -0.459 e. The number of nitrogens with zero attached hydrogens (tertiary/aromatic N) is 3. The van der Waals surface area contributed by atoms with E-state index in [4.69, 9.17) is 18.9 Å². The summed E-state index contributed by atoms with van der Waals surface area (Å²) in [7, 11) is 0. The molecule has 0 spiro atoms. The van der Waals surface area contributed by atoms with Crippen LogP contribution in [0.1, 0.15) is 124 Å². The molecule has 7 heterocycles. The Morgan fingerprint density at radius 2 is 0.667 bits per heavy atom. The molecule has 470 valence electrons. The lowest BCUT2D eigenvalue weighted by Gasteiger charge is -2.47. The number of rotatable bonds is 17. The van der Waals surface area contributed by atoms with Gasteiger partial charge in [-0.3, -0.25) is 0 Å². The summed E-state index contributed by atoms with van der Waals surface area (Å²) >= 11 is 0. The van der Waals surface area contributed by atoms with Crippen molar-refractivity contribution in [3.05, 3.63) is 228 Å². The number of hydrogen-bond donors (Lipinski definition) is 0. The van der Waals surface area contributed by atoms with Crippen LogP contribution in [0.3, 0.4) is 0 Å². The number of anilines is 6. The van der Waals surface area contributed by atoms with Gasteiger partial charge in [0.2, 0.25) is 0 Å². The summed E-state index contributed by atoms with van der Waals surface area (Å²) in [6.45, 7) is 12.8. The molecule has 0 saturated heterocycles. The third-order valence-corrected chi connectivity index (χ3v) is 21.6. The maximum absolute atomic E-state index is 7.76. The van der Waals surface area contributed by atoms with E-state index in [0.717, 1.165) is 142 Å². The van der Waals surface area contributed by atoms with E-state index < -0.39 is 6.71 Å². The zero-order valence-corrected chi connectivity index (χ0v) is 56.1. The quantitative estimate of drug-likeness (QED) is 0.0669. The lowest BCUT2D eigenvalue weighted by molar-refractivity contribution is 0.466. The van der Waals surface area contributed by atoms with Gasteiger partial charge >= 0.3 is 0 Å². The lowest BCUT2D eigenvalue weighted by atomic mass is 9.29. The fourth-order valence-corrected chi connectivity index (χ4v) is 17.6. The van der Waals surface area contributed by atoms with E-state index in [0.29, 0.717) is 0 Å². The van der Waals surface area contributed by atoms with Crippen molar-refractivity contribution in [3.8, 4) is 51.7 Å². The Morgan fingerprint density at radius 3 is 1.07 bits per heavy atom. The summed E-state index contributed by atoms with van der Waals surface area (Å²) in [5.74, 6) is 6.63. The second-order valence-corrected chi connectivity index (χ2v) is 28.3. The van der Waals surface area contributed by atoms with Crippen LogP contribution in [0.25, 0.3) is 27.5 Å². The monoisotopic (exact) mass is 1250 g/mol. The molecule has 0 fully saturated rings. The van der Waals surface area contributed by atoms with E-state index in [-0.39, 0.29) is 13.4 Å². The molecule has 10 heteroatoms. The Morgan fingerprint density at radius 1 is 0.302 bits per heavy atom. The topological polar surface area (TPSA) is 48.3 Å². The molecule has 6 aliphatic heterocycles. The van der Waals surface area contributed by atoms with Crippen LogP contribution in [0.4, 0.5) is 34.1 Å². The molecule has 6 aliphatic rings. The highest BCUT2D eigenvalue weighted by Crippen LogP contribution is 2.52. The maximum Gasteiger partial charge on any atom is 0.261 e. The third-order valence-electron chi connectivity index (χ3n) is 21.6. The number of aryl methyl sites for hydroxylation is 6. The van der Waals surface area contributed by atoms with Gasteiger partial charge < -0.3 is 33.3 Å². The number of fused-ring (bicyclic) bond motifs is 17. The van der Waals surface area contributed by atoms with Crippen LogP contribution < -0.4 is 77.9 Å². The minimum absolute atomic E-state index is 0.157. The first-order valence-electron chi connectivity index (χ1n) is 35.7. The maximum atomic E-state index is 7.76. The van der Waals surface area contributed by atoms with Crippen LogP contribution in [0.2, 0.25) is 0 Å². The van der Waals surface area contributed by atoms with Gasteiger partial charge in [-0.15, -0.1) is 0 Å². The van der Waals surface area contributed by atoms with Crippen molar-refractivity contribution in [2.45, 2.75) is 131 Å². The summed E-state index contributed by atoms with van der Waals surface area (Å²) in [5, 5.41) is 2.61. The molecule has 11 aromatic carbocycles. The molecule has 0 amide bonds. The summed E-state index contributed by atoms with van der Waals surface area (Å²) < 4.78 is 32.8. The van der Waals surface area contributed by atoms with Gasteiger partial charge in [0, 0.05) is 68.0 Å². The van der Waals surface area contributed by atoms with Crippen LogP contribution in [0.5, 0.6) is 46.0 Å². The fraction of sp³-hybridized carbons (Fsp3) is 0.233. The average molecular weight is 1250 g/mol. The van der Waals surface area contributed by atoms with E-state index in [2.05, 4.69) is 250 Å². The van der Waals surface area contributed by atoms with Crippen molar-refractivity contribution in [2.75, 3.05) is 9.80 Å². The molecule has 0 radical (unpaired) electrons. The van der Waals surface area contributed by atoms with Crippen molar-refractivity contribution >= 4 is 125 Å². The number of ether oxygens (including phenoxy) is 4. The number of aromatic nitrogens is 1. The van der Waals surface area contributed by atoms with Crippen LogP contribution in [-0.4, -0.2) is 24.7 Å². The predicted molar refractivity (Wildman–Crippen MR) is 403 cm³/mol. The molecule has 0 unspecified atom stereocenters. The largest absolute Gasteiger partial charge is 0.459 e. The fourth-order valence-electron chi connectivity index (χ4n) is 17.6. The van der Waals surface area contributed by atoms with Gasteiger partial charge in [-0.1, -0.05) is 175 Å². The van der Waals surface area contributed by atoms with Crippen molar-refractivity contribution in [2.24, 2.45) is 0 Å². The second kappa shape index (κ2) is 23.5. The third kappa shape index (κ3) is 9.47. The number of para-hydroxylation sites is 4. The molecule has 0 N–H and O–H groups in total. The molecular formula is C86H78B3N3O4. The first kappa shape index (κ1) is 58.8. The number of unbranched alkanes of at least 4 members (excludes halogenated alkanes) is 10. The van der Waals surface area contributed by atoms with Crippen molar-refractivity contribution < 1.29 is 18.9 Å². The summed E-state index contributed by atoms with van der Waals surface area (Å²) in [6.07, 6.45) is 17.4. The normalized spacial score (nSPS) is 13.7. The van der Waals surface area contributed by atoms with Gasteiger partial charge in [0.1, 0.15) is 46.0 Å². The summed E-state index contributed by atoms with van der Waals surface area (Å²) in [5.41, 5.74) is 27.2. The van der Waals surface area contributed by atoms with Crippen molar-refractivity contribution in [1.29, 1.82) is 0 Å².